The molecule has 0 unspecified atom stereocenters. The Morgan fingerprint density at radius 1 is 0.833 bits per heavy atom. The van der Waals surface area contributed by atoms with Gasteiger partial charge in [-0.2, -0.15) is 0 Å². The van der Waals surface area contributed by atoms with Crippen LogP contribution in [-0.2, 0) is 0 Å². The van der Waals surface area contributed by atoms with Gasteiger partial charge in [-0.15, -0.1) is 0 Å². The lowest BCUT2D eigenvalue weighted by molar-refractivity contribution is 1.46. The van der Waals surface area contributed by atoms with Gasteiger partial charge in [0, 0.05) is 19.8 Å². The van der Waals surface area contributed by atoms with Crippen LogP contribution in [0.1, 0.15) is 0 Å². The molecular formula is C14H18N4. The molecule has 5 N–H and O–H groups in total. The predicted octanol–water partition coefficient (Wildman–Crippen LogP) is 3.10. The average Bonchev–Trinajstić information content (AvgIpc) is 2.41. The van der Waals surface area contributed by atoms with Crippen LogP contribution >= 0.6 is 0 Å². The molecule has 0 fully saturated rings. The van der Waals surface area contributed by atoms with Crippen molar-refractivity contribution in [2.24, 2.45) is 0 Å². The predicted molar refractivity (Wildman–Crippen MR) is 79.7 cm³/mol. The van der Waals surface area contributed by atoms with Crippen LogP contribution in [0.25, 0.3) is 0 Å². The summed E-state index contributed by atoms with van der Waals surface area (Å²) in [7, 11) is 3.76. The van der Waals surface area contributed by atoms with Crippen LogP contribution in [0.15, 0.2) is 42.5 Å². The van der Waals surface area contributed by atoms with Crippen molar-refractivity contribution in [2.75, 3.05) is 35.8 Å². The smallest absolute Gasteiger partial charge is 0.0619 e. The van der Waals surface area contributed by atoms with E-state index < -0.39 is 0 Å². The lowest BCUT2D eigenvalue weighted by atomic mass is 10.2. The molecule has 0 saturated heterocycles. The maximum Gasteiger partial charge on any atom is 0.0619 e. The second kappa shape index (κ2) is 5.31. The molecule has 0 aliphatic carbocycles. The van der Waals surface area contributed by atoms with Crippen LogP contribution in [0.5, 0.6) is 0 Å². The average molecular weight is 242 g/mol. The van der Waals surface area contributed by atoms with E-state index in [4.69, 9.17) is 5.73 Å². The molecule has 0 amide bonds. The van der Waals surface area contributed by atoms with E-state index >= 15 is 0 Å². The summed E-state index contributed by atoms with van der Waals surface area (Å²) in [4.78, 5) is 0. The van der Waals surface area contributed by atoms with Gasteiger partial charge in [0.25, 0.3) is 0 Å². The summed E-state index contributed by atoms with van der Waals surface area (Å²) in [6.45, 7) is 0. The van der Waals surface area contributed by atoms with E-state index in [1.807, 2.05) is 56.6 Å². The van der Waals surface area contributed by atoms with Gasteiger partial charge in [-0.05, 0) is 30.3 Å². The first-order valence-electron chi connectivity index (χ1n) is 5.85. The van der Waals surface area contributed by atoms with Gasteiger partial charge < -0.3 is 21.7 Å². The zero-order valence-corrected chi connectivity index (χ0v) is 10.6. The van der Waals surface area contributed by atoms with E-state index in [2.05, 4.69) is 16.0 Å². The standard InChI is InChI=1S/C14H18N4/c1-16-12-5-3-4-6-13(12)18-10-7-8-11(15)14(9-10)17-2/h3-9,16-18H,15H2,1-2H3. The van der Waals surface area contributed by atoms with Crippen LogP contribution < -0.4 is 21.7 Å². The van der Waals surface area contributed by atoms with Crippen molar-refractivity contribution in [3.63, 3.8) is 0 Å². The molecule has 2 aromatic rings. The minimum Gasteiger partial charge on any atom is -0.397 e. The summed E-state index contributed by atoms with van der Waals surface area (Å²) in [6.07, 6.45) is 0. The Morgan fingerprint density at radius 2 is 1.50 bits per heavy atom. The number of hydrogen-bond acceptors (Lipinski definition) is 4. The second-order valence-corrected chi connectivity index (χ2v) is 3.97. The summed E-state index contributed by atoms with van der Waals surface area (Å²) in [6, 6.07) is 13.9. The Balaban J connectivity index is 2.28. The molecule has 0 spiro atoms. The van der Waals surface area contributed by atoms with Crippen molar-refractivity contribution in [3.8, 4) is 0 Å². The normalized spacial score (nSPS) is 9.89. The van der Waals surface area contributed by atoms with Crippen LogP contribution in [0, 0.1) is 0 Å². The molecule has 0 aromatic heterocycles. The molecule has 4 heteroatoms. The van der Waals surface area contributed by atoms with Crippen LogP contribution in [0.4, 0.5) is 28.4 Å². The van der Waals surface area contributed by atoms with Crippen molar-refractivity contribution in [1.29, 1.82) is 0 Å². The Bertz CT molecular complexity index is 537. The number of nitrogens with two attached hydrogens (primary N) is 1. The Morgan fingerprint density at radius 3 is 2.17 bits per heavy atom. The van der Waals surface area contributed by atoms with Crippen molar-refractivity contribution in [1.82, 2.24) is 0 Å². The van der Waals surface area contributed by atoms with Gasteiger partial charge >= 0.3 is 0 Å². The number of nitrogen functional groups attached to an aromatic ring is 1. The lowest BCUT2D eigenvalue weighted by Crippen LogP contribution is -1.99. The summed E-state index contributed by atoms with van der Waals surface area (Å²) in [5.41, 5.74) is 10.6. The Labute approximate surface area is 107 Å². The van der Waals surface area contributed by atoms with Crippen molar-refractivity contribution in [2.45, 2.75) is 0 Å². The quantitative estimate of drug-likeness (QED) is 0.622. The van der Waals surface area contributed by atoms with Crippen molar-refractivity contribution < 1.29 is 0 Å². The van der Waals surface area contributed by atoms with Gasteiger partial charge in [-0.1, -0.05) is 12.1 Å². The van der Waals surface area contributed by atoms with E-state index in [0.29, 0.717) is 0 Å². The fourth-order valence-electron chi connectivity index (χ4n) is 1.82. The van der Waals surface area contributed by atoms with E-state index in [1.54, 1.807) is 0 Å². The fourth-order valence-corrected chi connectivity index (χ4v) is 1.82. The second-order valence-electron chi connectivity index (χ2n) is 3.97. The van der Waals surface area contributed by atoms with E-state index in [1.165, 1.54) is 0 Å². The van der Waals surface area contributed by atoms with Gasteiger partial charge in [0.2, 0.25) is 0 Å². The lowest BCUT2D eigenvalue weighted by Gasteiger charge is -2.13. The fraction of sp³-hybridized carbons (Fsp3) is 0.143. The number of hydrogen-bond donors (Lipinski definition) is 4. The molecule has 94 valence electrons. The van der Waals surface area contributed by atoms with Gasteiger partial charge in [0.1, 0.15) is 0 Å². The topological polar surface area (TPSA) is 62.1 Å². The minimum atomic E-state index is 0.741. The largest absolute Gasteiger partial charge is 0.397 e. The molecular weight excluding hydrogens is 224 g/mol. The molecule has 0 aliphatic rings. The first kappa shape index (κ1) is 12.1. The monoisotopic (exact) mass is 242 g/mol. The third kappa shape index (κ3) is 2.48. The molecule has 2 rings (SSSR count). The number of benzene rings is 2. The molecule has 4 nitrogen and oxygen atoms in total. The maximum absolute atomic E-state index is 5.85. The third-order valence-corrected chi connectivity index (χ3v) is 2.80. The summed E-state index contributed by atoms with van der Waals surface area (Å²) < 4.78 is 0. The zero-order chi connectivity index (χ0) is 13.0. The molecule has 0 aliphatic heterocycles. The first-order chi connectivity index (χ1) is 8.74. The van der Waals surface area contributed by atoms with Crippen LogP contribution in [0.2, 0.25) is 0 Å². The first-order valence-corrected chi connectivity index (χ1v) is 5.85. The zero-order valence-electron chi connectivity index (χ0n) is 10.6. The number of rotatable bonds is 4. The van der Waals surface area contributed by atoms with E-state index in [9.17, 15) is 0 Å². The Kier molecular flexibility index (Phi) is 3.57. The molecule has 0 atom stereocenters. The highest BCUT2D eigenvalue weighted by Crippen LogP contribution is 2.28. The molecule has 0 saturated carbocycles. The number of anilines is 5. The number of para-hydroxylation sites is 2. The van der Waals surface area contributed by atoms with E-state index in [-0.39, 0.29) is 0 Å². The van der Waals surface area contributed by atoms with Crippen molar-refractivity contribution >= 4 is 28.4 Å². The molecule has 0 bridgehead atoms. The minimum absolute atomic E-state index is 0.741. The summed E-state index contributed by atoms with van der Waals surface area (Å²) >= 11 is 0. The molecule has 18 heavy (non-hydrogen) atoms. The highest BCUT2D eigenvalue weighted by atomic mass is 14.9. The van der Waals surface area contributed by atoms with Gasteiger partial charge in [0.15, 0.2) is 0 Å². The maximum atomic E-state index is 5.85. The molecule has 2 aromatic carbocycles. The molecule has 0 radical (unpaired) electrons. The highest BCUT2D eigenvalue weighted by molar-refractivity contribution is 5.78. The summed E-state index contributed by atoms with van der Waals surface area (Å²) in [5, 5.41) is 9.59. The molecule has 0 heterocycles. The third-order valence-electron chi connectivity index (χ3n) is 2.80. The van der Waals surface area contributed by atoms with Gasteiger partial charge in [-0.25, -0.2) is 0 Å². The van der Waals surface area contributed by atoms with Gasteiger partial charge in [-0.3, -0.25) is 0 Å². The van der Waals surface area contributed by atoms with Crippen LogP contribution in [0.3, 0.4) is 0 Å². The van der Waals surface area contributed by atoms with Gasteiger partial charge in [0.05, 0.1) is 22.7 Å². The van der Waals surface area contributed by atoms with Crippen LogP contribution in [-0.4, -0.2) is 14.1 Å². The summed E-state index contributed by atoms with van der Waals surface area (Å²) in [5.74, 6) is 0. The van der Waals surface area contributed by atoms with E-state index in [0.717, 1.165) is 28.4 Å². The SMILES string of the molecule is CNc1cc(Nc2ccccc2NC)ccc1N. The van der Waals surface area contributed by atoms with Crippen molar-refractivity contribution in [3.05, 3.63) is 42.5 Å². The number of nitrogens with one attached hydrogen (secondary N) is 3. The highest BCUT2D eigenvalue weighted by Gasteiger charge is 2.02. The Hall–Kier alpha value is -2.36.